The zero-order valence-corrected chi connectivity index (χ0v) is 12.5. The molecular formula is C15H30N2O. The molecule has 1 heterocycles. The molecule has 2 N–H and O–H groups in total. The van der Waals surface area contributed by atoms with Gasteiger partial charge in [-0.25, -0.2) is 0 Å². The van der Waals surface area contributed by atoms with Crippen molar-refractivity contribution in [3.8, 4) is 0 Å². The van der Waals surface area contributed by atoms with Gasteiger partial charge in [0.15, 0.2) is 0 Å². The van der Waals surface area contributed by atoms with Crippen molar-refractivity contribution in [2.24, 2.45) is 17.1 Å². The minimum absolute atomic E-state index is 0.0521. The van der Waals surface area contributed by atoms with Crippen molar-refractivity contribution < 1.29 is 4.74 Å². The van der Waals surface area contributed by atoms with Crippen LogP contribution in [0.5, 0.6) is 0 Å². The van der Waals surface area contributed by atoms with Crippen LogP contribution >= 0.6 is 0 Å². The monoisotopic (exact) mass is 254 g/mol. The lowest BCUT2D eigenvalue weighted by Gasteiger charge is -2.41. The van der Waals surface area contributed by atoms with Gasteiger partial charge in [0.1, 0.15) is 0 Å². The summed E-state index contributed by atoms with van der Waals surface area (Å²) in [5.41, 5.74) is 6.79. The maximum absolute atomic E-state index is 6.42. The van der Waals surface area contributed by atoms with E-state index in [-0.39, 0.29) is 5.60 Å². The first kappa shape index (κ1) is 14.3. The van der Waals surface area contributed by atoms with Crippen LogP contribution in [0.15, 0.2) is 0 Å². The molecule has 2 fully saturated rings. The molecule has 106 valence electrons. The number of nitrogens with two attached hydrogens (primary N) is 1. The van der Waals surface area contributed by atoms with Gasteiger partial charge in [-0.1, -0.05) is 13.8 Å². The van der Waals surface area contributed by atoms with Crippen LogP contribution in [0.4, 0.5) is 0 Å². The van der Waals surface area contributed by atoms with Crippen molar-refractivity contribution in [3.05, 3.63) is 0 Å². The average molecular weight is 254 g/mol. The first-order chi connectivity index (χ1) is 8.36. The number of nitrogens with zero attached hydrogens (tertiary/aromatic N) is 1. The van der Waals surface area contributed by atoms with E-state index in [0.29, 0.717) is 17.4 Å². The minimum atomic E-state index is 0.0521. The van der Waals surface area contributed by atoms with Crippen molar-refractivity contribution in [1.29, 1.82) is 0 Å². The molecule has 2 rings (SSSR count). The first-order valence-electron chi connectivity index (χ1n) is 7.39. The van der Waals surface area contributed by atoms with Crippen LogP contribution < -0.4 is 5.73 Å². The molecule has 1 saturated carbocycles. The van der Waals surface area contributed by atoms with Crippen molar-refractivity contribution >= 4 is 0 Å². The molecule has 0 bridgehead atoms. The highest BCUT2D eigenvalue weighted by Crippen LogP contribution is 2.40. The Hall–Kier alpha value is -0.120. The van der Waals surface area contributed by atoms with E-state index in [0.717, 1.165) is 13.1 Å². The summed E-state index contributed by atoms with van der Waals surface area (Å²) >= 11 is 0. The van der Waals surface area contributed by atoms with Crippen molar-refractivity contribution in [2.75, 3.05) is 26.7 Å². The molecular weight excluding hydrogens is 224 g/mol. The summed E-state index contributed by atoms with van der Waals surface area (Å²) in [6, 6.07) is 0.355. The first-order valence-corrected chi connectivity index (χ1v) is 7.39. The second kappa shape index (κ2) is 5.10. The topological polar surface area (TPSA) is 38.5 Å². The third-order valence-corrected chi connectivity index (χ3v) is 5.29. The molecule has 1 aliphatic carbocycles. The SMILES string of the molecule is COC1(C)CCCN(CC2CCC(C)(C)C2N)C1. The predicted molar refractivity (Wildman–Crippen MR) is 75.6 cm³/mol. The third-order valence-electron chi connectivity index (χ3n) is 5.29. The van der Waals surface area contributed by atoms with Crippen LogP contribution in [0.3, 0.4) is 0 Å². The number of methoxy groups -OCH3 is 1. The van der Waals surface area contributed by atoms with Crippen LogP contribution in [0.2, 0.25) is 0 Å². The molecule has 0 aromatic carbocycles. The summed E-state index contributed by atoms with van der Waals surface area (Å²) in [6.07, 6.45) is 4.99. The van der Waals surface area contributed by atoms with E-state index in [1.807, 2.05) is 7.11 Å². The normalized spacial score (nSPS) is 41.2. The van der Waals surface area contributed by atoms with Crippen molar-refractivity contribution in [2.45, 2.75) is 58.1 Å². The summed E-state index contributed by atoms with van der Waals surface area (Å²) < 4.78 is 5.67. The zero-order chi connectivity index (χ0) is 13.4. The third kappa shape index (κ3) is 2.89. The Balaban J connectivity index is 1.90. The quantitative estimate of drug-likeness (QED) is 0.839. The van der Waals surface area contributed by atoms with E-state index in [9.17, 15) is 0 Å². The van der Waals surface area contributed by atoms with Gasteiger partial charge in [-0.2, -0.15) is 0 Å². The van der Waals surface area contributed by atoms with Gasteiger partial charge in [0.2, 0.25) is 0 Å². The Bertz CT molecular complexity index is 292. The van der Waals surface area contributed by atoms with E-state index in [2.05, 4.69) is 25.7 Å². The largest absolute Gasteiger partial charge is 0.377 e. The molecule has 1 saturated heterocycles. The van der Waals surface area contributed by atoms with Crippen molar-refractivity contribution in [1.82, 2.24) is 4.90 Å². The molecule has 18 heavy (non-hydrogen) atoms. The highest BCUT2D eigenvalue weighted by Gasteiger charge is 2.41. The molecule has 0 radical (unpaired) electrons. The lowest BCUT2D eigenvalue weighted by molar-refractivity contribution is -0.0541. The summed E-state index contributed by atoms with van der Waals surface area (Å²) in [5.74, 6) is 0.666. The van der Waals surface area contributed by atoms with Gasteiger partial charge in [-0.15, -0.1) is 0 Å². The second-order valence-corrected chi connectivity index (χ2v) is 7.31. The Morgan fingerprint density at radius 1 is 1.28 bits per heavy atom. The fourth-order valence-corrected chi connectivity index (χ4v) is 3.71. The zero-order valence-electron chi connectivity index (χ0n) is 12.5. The van der Waals surface area contributed by atoms with Crippen LogP contribution in [0, 0.1) is 11.3 Å². The van der Waals surface area contributed by atoms with Gasteiger partial charge in [0, 0.05) is 26.2 Å². The lowest BCUT2D eigenvalue weighted by atomic mass is 9.85. The highest BCUT2D eigenvalue weighted by atomic mass is 16.5. The smallest absolute Gasteiger partial charge is 0.0777 e. The van der Waals surface area contributed by atoms with E-state index in [1.54, 1.807) is 0 Å². The fourth-order valence-electron chi connectivity index (χ4n) is 3.71. The van der Waals surface area contributed by atoms with Gasteiger partial charge in [0.05, 0.1) is 5.60 Å². The molecule has 0 aromatic rings. The molecule has 0 spiro atoms. The van der Waals surface area contributed by atoms with E-state index in [4.69, 9.17) is 10.5 Å². The second-order valence-electron chi connectivity index (χ2n) is 7.31. The maximum Gasteiger partial charge on any atom is 0.0777 e. The van der Waals surface area contributed by atoms with Crippen LogP contribution in [-0.2, 0) is 4.74 Å². The summed E-state index contributed by atoms with van der Waals surface area (Å²) in [7, 11) is 1.84. The molecule has 0 amide bonds. The van der Waals surface area contributed by atoms with E-state index >= 15 is 0 Å². The lowest BCUT2D eigenvalue weighted by Crippen LogP contribution is -2.50. The van der Waals surface area contributed by atoms with Gasteiger partial charge in [-0.3, -0.25) is 0 Å². The highest BCUT2D eigenvalue weighted by molar-refractivity contribution is 4.96. The van der Waals surface area contributed by atoms with Gasteiger partial charge >= 0.3 is 0 Å². The van der Waals surface area contributed by atoms with E-state index in [1.165, 1.54) is 32.2 Å². The Kier molecular flexibility index (Phi) is 4.05. The van der Waals surface area contributed by atoms with Crippen LogP contribution in [0.1, 0.15) is 46.5 Å². The predicted octanol–water partition coefficient (Wildman–Crippen LogP) is 2.25. The molecule has 0 aromatic heterocycles. The minimum Gasteiger partial charge on any atom is -0.377 e. The summed E-state index contributed by atoms with van der Waals surface area (Å²) in [5, 5.41) is 0. The average Bonchev–Trinajstić information content (AvgIpc) is 2.57. The van der Waals surface area contributed by atoms with E-state index < -0.39 is 0 Å². The molecule has 3 atom stereocenters. The summed E-state index contributed by atoms with van der Waals surface area (Å²) in [4.78, 5) is 2.57. The number of hydrogen-bond donors (Lipinski definition) is 1. The molecule has 1 aliphatic heterocycles. The Morgan fingerprint density at radius 2 is 2.00 bits per heavy atom. The maximum atomic E-state index is 6.42. The van der Waals surface area contributed by atoms with Crippen LogP contribution in [0.25, 0.3) is 0 Å². The number of likely N-dealkylation sites (tertiary alicyclic amines) is 1. The number of rotatable bonds is 3. The summed E-state index contributed by atoms with van der Waals surface area (Å²) in [6.45, 7) is 10.3. The fraction of sp³-hybridized carbons (Fsp3) is 1.00. The molecule has 2 aliphatic rings. The van der Waals surface area contributed by atoms with Crippen molar-refractivity contribution in [3.63, 3.8) is 0 Å². The standard InChI is InChI=1S/C15H30N2O/c1-14(2)8-6-12(13(14)16)10-17-9-5-7-15(3,11-17)18-4/h12-13H,5-11,16H2,1-4H3. The number of piperidine rings is 1. The van der Waals surface area contributed by atoms with Crippen LogP contribution in [-0.4, -0.2) is 43.3 Å². The van der Waals surface area contributed by atoms with Gasteiger partial charge < -0.3 is 15.4 Å². The molecule has 3 heteroatoms. The Morgan fingerprint density at radius 3 is 2.56 bits per heavy atom. The number of ether oxygens (including phenoxy) is 1. The Labute approximate surface area is 112 Å². The van der Waals surface area contributed by atoms with Gasteiger partial charge in [0.25, 0.3) is 0 Å². The number of hydrogen-bond acceptors (Lipinski definition) is 3. The molecule has 3 nitrogen and oxygen atoms in total. The molecule has 3 unspecified atom stereocenters. The van der Waals surface area contributed by atoms with Gasteiger partial charge in [-0.05, 0) is 50.5 Å².